The average molecular weight is 792 g/mol. The minimum Gasteiger partial charge on any atom is -0.481 e. The van der Waals surface area contributed by atoms with Crippen molar-refractivity contribution in [3.8, 4) is 40.0 Å². The number of carbonyl (C=O) groups excluding carboxylic acids is 1. The Morgan fingerprint density at radius 3 is 2.46 bits per heavy atom. The lowest BCUT2D eigenvalue weighted by Gasteiger charge is -2.26. The smallest absolute Gasteiger partial charge is 0.421 e. The second-order valence-electron chi connectivity index (χ2n) is 14.9. The third-order valence-electron chi connectivity index (χ3n) is 11.4. The van der Waals surface area contributed by atoms with E-state index in [1.54, 1.807) is 12.0 Å². The van der Waals surface area contributed by atoms with Crippen molar-refractivity contribution in [2.75, 3.05) is 27.3 Å². The molecule has 0 spiro atoms. The van der Waals surface area contributed by atoms with Crippen molar-refractivity contribution in [1.82, 2.24) is 25.5 Å². The number of pyridine rings is 2. The van der Waals surface area contributed by atoms with E-state index in [1.807, 2.05) is 48.5 Å². The summed E-state index contributed by atoms with van der Waals surface area (Å²) in [5.74, 6) is -0.845. The van der Waals surface area contributed by atoms with Crippen molar-refractivity contribution >= 4 is 23.5 Å². The normalized spacial score (nSPS) is 22.8. The second kappa shape index (κ2) is 15.2. The van der Waals surface area contributed by atoms with E-state index >= 15 is 0 Å². The van der Waals surface area contributed by atoms with Gasteiger partial charge in [0, 0.05) is 60.9 Å². The van der Waals surface area contributed by atoms with Gasteiger partial charge in [-0.2, -0.15) is 18.2 Å². The molecule has 2 aliphatic heterocycles. The lowest BCUT2D eigenvalue weighted by atomic mass is 9.94. The van der Waals surface area contributed by atoms with Gasteiger partial charge in [0.05, 0.1) is 24.9 Å². The number of aromatic nitrogens is 2. The highest BCUT2D eigenvalue weighted by atomic mass is 35.5. The van der Waals surface area contributed by atoms with E-state index in [2.05, 4.69) is 15.6 Å². The number of piperidine rings is 1. The van der Waals surface area contributed by atoms with Gasteiger partial charge in [-0.25, -0.2) is 4.98 Å². The molecule has 1 saturated carbocycles. The molecule has 3 N–H and O–H groups in total. The number of aliphatic carboxylic acids is 1. The number of rotatable bonds is 13. The summed E-state index contributed by atoms with van der Waals surface area (Å²) >= 11 is 7.12. The number of carbonyl (C=O) groups is 2. The fraction of sp³-hybridized carbons (Fsp3) is 0.415. The molecule has 1 amide bonds. The zero-order chi connectivity index (χ0) is 39.3. The number of halogens is 4. The highest BCUT2D eigenvalue weighted by Gasteiger charge is 2.55. The van der Waals surface area contributed by atoms with Crippen molar-refractivity contribution in [3.05, 3.63) is 87.4 Å². The van der Waals surface area contributed by atoms with Crippen molar-refractivity contribution < 1.29 is 42.1 Å². The van der Waals surface area contributed by atoms with E-state index < -0.39 is 35.7 Å². The molecule has 2 aromatic heterocycles. The van der Waals surface area contributed by atoms with Gasteiger partial charge in [-0.05, 0) is 66.3 Å². The molecular weight excluding hydrogens is 751 g/mol. The number of hydrogen-bond acceptors (Lipinski definition) is 9. The van der Waals surface area contributed by atoms with Gasteiger partial charge >= 0.3 is 12.1 Å². The summed E-state index contributed by atoms with van der Waals surface area (Å²) in [6.45, 7) is 1.59. The minimum absolute atomic E-state index is 0.0143. The van der Waals surface area contributed by atoms with E-state index in [0.29, 0.717) is 61.1 Å². The van der Waals surface area contributed by atoms with Gasteiger partial charge in [-0.1, -0.05) is 54.1 Å². The molecule has 15 heteroatoms. The van der Waals surface area contributed by atoms with E-state index in [-0.39, 0.29) is 41.8 Å². The molecule has 4 heterocycles. The molecule has 56 heavy (non-hydrogen) atoms. The maximum atomic E-state index is 14.6. The highest BCUT2D eigenvalue weighted by molar-refractivity contribution is 6.36. The Morgan fingerprint density at radius 2 is 1.73 bits per heavy atom. The molecule has 11 nitrogen and oxygen atoms in total. The van der Waals surface area contributed by atoms with Crippen molar-refractivity contribution in [2.45, 2.75) is 69.6 Å². The number of carboxylic acid groups (broad SMARTS) is 1. The van der Waals surface area contributed by atoms with E-state index in [4.69, 9.17) is 30.8 Å². The Labute approximate surface area is 326 Å². The zero-order valence-electron chi connectivity index (χ0n) is 30.8. The number of alkyl halides is 3. The molecule has 4 aromatic rings. The van der Waals surface area contributed by atoms with Crippen molar-refractivity contribution in [1.29, 1.82) is 0 Å². The largest absolute Gasteiger partial charge is 0.481 e. The lowest BCUT2D eigenvalue weighted by molar-refractivity contribution is -0.143. The Balaban J connectivity index is 1.04. The van der Waals surface area contributed by atoms with Crippen molar-refractivity contribution in [2.24, 2.45) is 11.8 Å². The first-order valence-corrected chi connectivity index (χ1v) is 19.0. The number of likely N-dealkylation sites (tertiary alicyclic amines) is 1. The Kier molecular flexibility index (Phi) is 10.3. The van der Waals surface area contributed by atoms with E-state index in [1.165, 1.54) is 7.11 Å². The standard InChI is InChI=1S/C41H41ClF3N5O6/c1-54-37-21(17-46-18-24-10-14-34(51)47-24)9-12-32(48-37)29-8-4-7-28(35(29)42)25-5-3-6-27-26(25)11-13-33(27)56-39-31(41(43,44)45)16-23(38(49-39)55-2)20-50-19-22-15-30(22)36(50)40(52)53/h3-9,12,16,22,24,30,33,36,46H,10-11,13-15,17-20H2,1-2H3,(H,47,51)(H,52,53)/t22-,24+,30-,33+,36?/m1/s1. The molecule has 0 radical (unpaired) electrons. The third-order valence-corrected chi connectivity index (χ3v) is 11.8. The molecule has 8 rings (SSSR count). The van der Waals surface area contributed by atoms with Gasteiger partial charge < -0.3 is 30.0 Å². The SMILES string of the molecule is COc1nc(-c2cccc(-c3cccc4c3CC[C@@H]4Oc3nc(OC)c(CN4C[C@H]5C[C@H]5C4C(=O)O)cc3C(F)(F)F)c2Cl)ccc1CNC[C@@H]1CCC(=O)N1. The first-order chi connectivity index (χ1) is 26.9. The minimum atomic E-state index is -4.79. The van der Waals surface area contributed by atoms with Gasteiger partial charge in [-0.3, -0.25) is 14.5 Å². The molecular formula is C41H41ClF3N5O6. The van der Waals surface area contributed by atoms with Gasteiger partial charge in [0.1, 0.15) is 17.7 Å². The zero-order valence-corrected chi connectivity index (χ0v) is 31.5. The van der Waals surface area contributed by atoms with Gasteiger partial charge in [0.2, 0.25) is 23.5 Å². The number of nitrogens with zero attached hydrogens (tertiary/aromatic N) is 3. The van der Waals surface area contributed by atoms with Crippen LogP contribution in [-0.2, 0) is 35.3 Å². The Morgan fingerprint density at radius 1 is 0.982 bits per heavy atom. The number of carboxylic acids is 1. The van der Waals surface area contributed by atoms with Crippen molar-refractivity contribution in [3.63, 3.8) is 0 Å². The van der Waals surface area contributed by atoms with Crippen LogP contribution in [0, 0.1) is 11.8 Å². The van der Waals surface area contributed by atoms with Crippen LogP contribution in [0.2, 0.25) is 5.02 Å². The summed E-state index contributed by atoms with van der Waals surface area (Å²) in [6.07, 6.45) is -2.43. The molecule has 0 bridgehead atoms. The predicted molar refractivity (Wildman–Crippen MR) is 200 cm³/mol. The van der Waals surface area contributed by atoms with Crippen LogP contribution >= 0.6 is 11.6 Å². The molecule has 2 aromatic carbocycles. The summed E-state index contributed by atoms with van der Waals surface area (Å²) in [5.41, 5.74) is 4.47. The number of benzene rings is 2. The van der Waals surface area contributed by atoms with Crippen LogP contribution in [0.15, 0.2) is 54.6 Å². The van der Waals surface area contributed by atoms with Crippen LogP contribution in [0.1, 0.15) is 59.6 Å². The predicted octanol–water partition coefficient (Wildman–Crippen LogP) is 6.84. The van der Waals surface area contributed by atoms with E-state index in [0.717, 1.165) is 46.7 Å². The summed E-state index contributed by atoms with van der Waals surface area (Å²) < 4.78 is 61.0. The molecule has 3 fully saturated rings. The maximum Gasteiger partial charge on any atom is 0.421 e. The number of ether oxygens (including phenoxy) is 3. The molecule has 2 aliphatic carbocycles. The molecule has 5 atom stereocenters. The second-order valence-corrected chi connectivity index (χ2v) is 15.2. The molecule has 2 saturated heterocycles. The van der Waals surface area contributed by atoms with Crippen LogP contribution in [0.25, 0.3) is 22.4 Å². The maximum absolute atomic E-state index is 14.6. The van der Waals surface area contributed by atoms with Crippen LogP contribution in [0.3, 0.4) is 0 Å². The van der Waals surface area contributed by atoms with Crippen LogP contribution in [-0.4, -0.2) is 71.2 Å². The highest BCUT2D eigenvalue weighted by Crippen LogP contribution is 2.51. The lowest BCUT2D eigenvalue weighted by Crippen LogP contribution is -2.39. The number of methoxy groups -OCH3 is 2. The quantitative estimate of drug-likeness (QED) is 0.132. The first-order valence-electron chi connectivity index (χ1n) is 18.7. The summed E-state index contributed by atoms with van der Waals surface area (Å²) in [6, 6.07) is 15.4. The third kappa shape index (κ3) is 7.37. The number of nitrogens with one attached hydrogen (secondary N) is 2. The van der Waals surface area contributed by atoms with Gasteiger partial charge in [0.25, 0.3) is 0 Å². The average Bonchev–Trinajstić information content (AvgIpc) is 3.43. The fourth-order valence-corrected chi connectivity index (χ4v) is 8.91. The number of hydrogen-bond donors (Lipinski definition) is 3. The summed E-state index contributed by atoms with van der Waals surface area (Å²) in [5, 5.41) is 16.6. The topological polar surface area (TPSA) is 135 Å². The summed E-state index contributed by atoms with van der Waals surface area (Å²) in [7, 11) is 2.88. The monoisotopic (exact) mass is 791 g/mol. The van der Waals surface area contributed by atoms with Gasteiger partial charge in [-0.15, -0.1) is 0 Å². The van der Waals surface area contributed by atoms with Gasteiger partial charge in [0.15, 0.2) is 0 Å². The first kappa shape index (κ1) is 38.0. The molecule has 294 valence electrons. The number of fused-ring (bicyclic) bond motifs is 2. The molecule has 4 aliphatic rings. The number of amides is 1. The van der Waals surface area contributed by atoms with Crippen LogP contribution in [0.5, 0.6) is 17.6 Å². The van der Waals surface area contributed by atoms with Crippen LogP contribution in [0.4, 0.5) is 13.2 Å². The Bertz CT molecular complexity index is 2190. The fourth-order valence-electron chi connectivity index (χ4n) is 8.58. The van der Waals surface area contributed by atoms with E-state index in [9.17, 15) is 27.9 Å². The van der Waals surface area contributed by atoms with Crippen LogP contribution < -0.4 is 24.8 Å². The Hall–Kier alpha value is -4.92. The summed E-state index contributed by atoms with van der Waals surface area (Å²) in [4.78, 5) is 34.2. The molecule has 1 unspecified atom stereocenters.